The van der Waals surface area contributed by atoms with Gasteiger partial charge in [0.25, 0.3) is 0 Å². The Bertz CT molecular complexity index is 620. The zero-order chi connectivity index (χ0) is 14.0. The van der Waals surface area contributed by atoms with Gasteiger partial charge in [0.2, 0.25) is 0 Å². The monoisotopic (exact) mass is 278 g/mol. The molecule has 0 saturated heterocycles. The van der Waals surface area contributed by atoms with Crippen molar-refractivity contribution in [3.63, 3.8) is 0 Å². The standard InChI is InChI=1S/C14H15ClN2O2/c1-9-14(15)13(17(3)16-9)8-19-12-6-4-5-11(7-12)10(2)18/h4-7H,8H2,1-3H3. The molecular weight excluding hydrogens is 264 g/mol. The molecule has 0 spiro atoms. The van der Waals surface area contributed by atoms with E-state index in [4.69, 9.17) is 16.3 Å². The highest BCUT2D eigenvalue weighted by Gasteiger charge is 2.11. The minimum absolute atomic E-state index is 0.0138. The Morgan fingerprint density at radius 1 is 1.47 bits per heavy atom. The molecule has 0 saturated carbocycles. The molecule has 0 atom stereocenters. The Kier molecular flexibility index (Phi) is 3.90. The van der Waals surface area contributed by atoms with Gasteiger partial charge in [-0.1, -0.05) is 23.7 Å². The quantitative estimate of drug-likeness (QED) is 0.807. The summed E-state index contributed by atoms with van der Waals surface area (Å²) in [6.45, 7) is 3.69. The van der Waals surface area contributed by atoms with Crippen LogP contribution in [0, 0.1) is 6.92 Å². The number of aromatic nitrogens is 2. The van der Waals surface area contributed by atoms with Crippen LogP contribution >= 0.6 is 11.6 Å². The lowest BCUT2D eigenvalue weighted by molar-refractivity contribution is 0.101. The molecule has 0 amide bonds. The summed E-state index contributed by atoms with van der Waals surface area (Å²) in [5, 5.41) is 4.84. The van der Waals surface area contributed by atoms with Gasteiger partial charge in [-0.05, 0) is 26.0 Å². The first kappa shape index (κ1) is 13.6. The predicted molar refractivity (Wildman–Crippen MR) is 73.7 cm³/mol. The first-order valence-electron chi connectivity index (χ1n) is 5.91. The molecule has 0 aliphatic heterocycles. The Morgan fingerprint density at radius 3 is 2.79 bits per heavy atom. The summed E-state index contributed by atoms with van der Waals surface area (Å²) >= 11 is 6.14. The molecule has 1 heterocycles. The minimum atomic E-state index is 0.0138. The number of Topliss-reactive ketones (excluding diaryl/α,β-unsaturated/α-hetero) is 1. The molecule has 0 fully saturated rings. The highest BCUT2D eigenvalue weighted by molar-refractivity contribution is 6.31. The van der Waals surface area contributed by atoms with Crippen LogP contribution in [-0.4, -0.2) is 15.6 Å². The van der Waals surface area contributed by atoms with Crippen molar-refractivity contribution in [3.05, 3.63) is 46.2 Å². The second-order valence-corrected chi connectivity index (χ2v) is 4.72. The van der Waals surface area contributed by atoms with Crippen molar-refractivity contribution in [3.8, 4) is 5.75 Å². The highest BCUT2D eigenvalue weighted by atomic mass is 35.5. The van der Waals surface area contributed by atoms with E-state index >= 15 is 0 Å². The molecule has 19 heavy (non-hydrogen) atoms. The lowest BCUT2D eigenvalue weighted by atomic mass is 10.1. The lowest BCUT2D eigenvalue weighted by Gasteiger charge is -2.08. The Morgan fingerprint density at radius 2 is 2.21 bits per heavy atom. The molecule has 5 heteroatoms. The van der Waals surface area contributed by atoms with Gasteiger partial charge in [0.05, 0.1) is 16.4 Å². The molecule has 4 nitrogen and oxygen atoms in total. The first-order chi connectivity index (χ1) is 8.99. The molecule has 1 aromatic carbocycles. The molecule has 1 aromatic heterocycles. The molecule has 0 aliphatic carbocycles. The number of carbonyl (C=O) groups excluding carboxylic acids is 1. The van der Waals surface area contributed by atoms with Crippen LogP contribution in [0.15, 0.2) is 24.3 Å². The summed E-state index contributed by atoms with van der Waals surface area (Å²) in [6, 6.07) is 7.08. The highest BCUT2D eigenvalue weighted by Crippen LogP contribution is 2.22. The number of carbonyl (C=O) groups is 1. The lowest BCUT2D eigenvalue weighted by Crippen LogP contribution is -2.04. The van der Waals surface area contributed by atoms with Crippen molar-refractivity contribution < 1.29 is 9.53 Å². The average molecular weight is 279 g/mol. The minimum Gasteiger partial charge on any atom is -0.487 e. The summed E-state index contributed by atoms with van der Waals surface area (Å²) in [5.41, 5.74) is 2.22. The maximum atomic E-state index is 11.3. The van der Waals surface area contributed by atoms with Gasteiger partial charge in [-0.25, -0.2) is 0 Å². The smallest absolute Gasteiger partial charge is 0.159 e. The molecule has 0 bridgehead atoms. The van der Waals surface area contributed by atoms with Crippen LogP contribution in [0.3, 0.4) is 0 Å². The van der Waals surface area contributed by atoms with Crippen molar-refractivity contribution in [1.82, 2.24) is 9.78 Å². The van der Waals surface area contributed by atoms with Crippen LogP contribution in [0.5, 0.6) is 5.75 Å². The van der Waals surface area contributed by atoms with E-state index in [2.05, 4.69) is 5.10 Å². The van der Waals surface area contributed by atoms with Gasteiger partial charge in [-0.15, -0.1) is 0 Å². The third-order valence-electron chi connectivity index (χ3n) is 2.88. The van der Waals surface area contributed by atoms with E-state index in [0.29, 0.717) is 22.9 Å². The van der Waals surface area contributed by atoms with Crippen molar-refractivity contribution in [2.75, 3.05) is 0 Å². The van der Waals surface area contributed by atoms with Gasteiger partial charge >= 0.3 is 0 Å². The summed E-state index contributed by atoms with van der Waals surface area (Å²) in [7, 11) is 1.82. The van der Waals surface area contributed by atoms with Crippen LogP contribution in [0.2, 0.25) is 5.02 Å². The van der Waals surface area contributed by atoms with Crippen LogP contribution in [-0.2, 0) is 13.7 Å². The number of hydrogen-bond donors (Lipinski definition) is 0. The predicted octanol–water partition coefficient (Wildman–Crippen LogP) is 3.16. The number of ether oxygens (including phenoxy) is 1. The topological polar surface area (TPSA) is 44.1 Å². The number of benzene rings is 1. The van der Waals surface area contributed by atoms with Gasteiger partial charge in [0, 0.05) is 12.6 Å². The van der Waals surface area contributed by atoms with Crippen LogP contribution in [0.4, 0.5) is 0 Å². The number of rotatable bonds is 4. The number of aryl methyl sites for hydroxylation is 2. The SMILES string of the molecule is CC(=O)c1cccc(OCc2c(Cl)c(C)nn2C)c1. The van der Waals surface area contributed by atoms with E-state index in [1.165, 1.54) is 6.92 Å². The molecule has 0 unspecified atom stereocenters. The molecule has 0 N–H and O–H groups in total. The third-order valence-corrected chi connectivity index (χ3v) is 3.37. The zero-order valence-corrected chi connectivity index (χ0v) is 11.9. The van der Waals surface area contributed by atoms with Crippen LogP contribution < -0.4 is 4.74 Å². The molecule has 2 rings (SSSR count). The van der Waals surface area contributed by atoms with Crippen LogP contribution in [0.25, 0.3) is 0 Å². The summed E-state index contributed by atoms with van der Waals surface area (Å²) in [4.78, 5) is 11.3. The fourth-order valence-corrected chi connectivity index (χ4v) is 2.01. The Hall–Kier alpha value is -1.81. The first-order valence-corrected chi connectivity index (χ1v) is 6.28. The van der Waals surface area contributed by atoms with E-state index < -0.39 is 0 Å². The van der Waals surface area contributed by atoms with Gasteiger partial charge in [-0.2, -0.15) is 5.10 Å². The van der Waals surface area contributed by atoms with E-state index in [9.17, 15) is 4.79 Å². The second kappa shape index (κ2) is 5.45. The molecule has 2 aromatic rings. The van der Waals surface area contributed by atoms with Crippen molar-refractivity contribution in [2.24, 2.45) is 7.05 Å². The van der Waals surface area contributed by atoms with E-state index in [1.807, 2.05) is 20.0 Å². The maximum Gasteiger partial charge on any atom is 0.159 e. The fourth-order valence-electron chi connectivity index (χ4n) is 1.79. The van der Waals surface area contributed by atoms with E-state index in [-0.39, 0.29) is 5.78 Å². The van der Waals surface area contributed by atoms with Gasteiger partial charge in [0.15, 0.2) is 5.78 Å². The Labute approximate surface area is 116 Å². The average Bonchev–Trinajstić information content (AvgIpc) is 2.61. The third kappa shape index (κ3) is 2.96. The van der Waals surface area contributed by atoms with Crippen molar-refractivity contribution >= 4 is 17.4 Å². The van der Waals surface area contributed by atoms with Crippen LogP contribution in [0.1, 0.15) is 28.7 Å². The summed E-state index contributed by atoms with van der Waals surface area (Å²) in [5.74, 6) is 0.655. The summed E-state index contributed by atoms with van der Waals surface area (Å²) < 4.78 is 7.36. The van der Waals surface area contributed by atoms with Crippen molar-refractivity contribution in [2.45, 2.75) is 20.5 Å². The van der Waals surface area contributed by atoms with Crippen molar-refractivity contribution in [1.29, 1.82) is 0 Å². The van der Waals surface area contributed by atoms with E-state index in [1.54, 1.807) is 22.9 Å². The van der Waals surface area contributed by atoms with E-state index in [0.717, 1.165) is 11.4 Å². The number of halogens is 1. The normalized spacial score (nSPS) is 10.5. The second-order valence-electron chi connectivity index (χ2n) is 4.34. The molecule has 100 valence electrons. The molecular formula is C14H15ClN2O2. The largest absolute Gasteiger partial charge is 0.487 e. The number of ketones is 1. The Balaban J connectivity index is 2.14. The number of nitrogens with zero attached hydrogens (tertiary/aromatic N) is 2. The fraction of sp³-hybridized carbons (Fsp3) is 0.286. The maximum absolute atomic E-state index is 11.3. The molecule has 0 aliphatic rings. The van der Waals surface area contributed by atoms with Gasteiger partial charge in [-0.3, -0.25) is 9.48 Å². The zero-order valence-electron chi connectivity index (χ0n) is 11.1. The number of hydrogen-bond acceptors (Lipinski definition) is 3. The molecule has 0 radical (unpaired) electrons. The summed E-state index contributed by atoms with van der Waals surface area (Å²) in [6.07, 6.45) is 0. The van der Waals surface area contributed by atoms with Gasteiger partial charge in [0.1, 0.15) is 12.4 Å². The van der Waals surface area contributed by atoms with Gasteiger partial charge < -0.3 is 4.74 Å².